The van der Waals surface area contributed by atoms with Crippen LogP contribution in [0.1, 0.15) is 65.7 Å². The van der Waals surface area contributed by atoms with Gasteiger partial charge >= 0.3 is 0 Å². The van der Waals surface area contributed by atoms with Gasteiger partial charge in [-0.25, -0.2) is 0 Å². The Morgan fingerprint density at radius 2 is 1.67 bits per heavy atom. The highest BCUT2D eigenvalue weighted by atomic mass is 15.2. The highest BCUT2D eigenvalue weighted by Crippen LogP contribution is 2.22. The van der Waals surface area contributed by atoms with Crippen LogP contribution in [-0.2, 0) is 0 Å². The van der Waals surface area contributed by atoms with Gasteiger partial charge in [0.2, 0.25) is 0 Å². The van der Waals surface area contributed by atoms with Gasteiger partial charge in [0.15, 0.2) is 0 Å². The summed E-state index contributed by atoms with van der Waals surface area (Å²) in [5.41, 5.74) is 0. The number of hydrogen-bond acceptors (Lipinski definition) is 2. The predicted molar refractivity (Wildman–Crippen MR) is 81.0 cm³/mol. The van der Waals surface area contributed by atoms with Crippen LogP contribution >= 0.6 is 0 Å². The van der Waals surface area contributed by atoms with Gasteiger partial charge in [0.1, 0.15) is 0 Å². The summed E-state index contributed by atoms with van der Waals surface area (Å²) >= 11 is 0. The van der Waals surface area contributed by atoms with Crippen molar-refractivity contribution >= 4 is 0 Å². The third-order valence-electron chi connectivity index (χ3n) is 4.43. The molecule has 0 aromatic rings. The Balaban J connectivity index is 2.20. The van der Waals surface area contributed by atoms with Crippen molar-refractivity contribution in [3.63, 3.8) is 0 Å². The minimum absolute atomic E-state index is 0.667. The maximum absolute atomic E-state index is 3.61. The zero-order chi connectivity index (χ0) is 13.4. The molecule has 1 aliphatic rings. The van der Waals surface area contributed by atoms with Crippen LogP contribution in [0.2, 0.25) is 0 Å². The van der Waals surface area contributed by atoms with E-state index in [0.717, 1.165) is 18.5 Å². The third-order valence-corrected chi connectivity index (χ3v) is 4.43. The highest BCUT2D eigenvalue weighted by Gasteiger charge is 2.20. The van der Waals surface area contributed by atoms with Crippen LogP contribution in [0.5, 0.6) is 0 Å². The van der Waals surface area contributed by atoms with Gasteiger partial charge in [0.05, 0.1) is 0 Å². The molecule has 108 valence electrons. The van der Waals surface area contributed by atoms with Crippen LogP contribution in [0.25, 0.3) is 0 Å². The molecule has 0 aromatic carbocycles. The number of likely N-dealkylation sites (N-methyl/N-ethyl adjacent to an activating group) is 1. The molecule has 0 saturated heterocycles. The molecule has 1 unspecified atom stereocenters. The second-order valence-corrected chi connectivity index (χ2v) is 6.55. The lowest BCUT2D eigenvalue weighted by molar-refractivity contribution is 0.164. The molecule has 18 heavy (non-hydrogen) atoms. The molecule has 1 aliphatic carbocycles. The molecule has 0 aromatic heterocycles. The van der Waals surface area contributed by atoms with Crippen molar-refractivity contribution in [1.29, 1.82) is 0 Å². The maximum atomic E-state index is 3.61. The second kappa shape index (κ2) is 8.92. The SMILES string of the molecule is CC(C)CCNCC(C)N(C)C1CCCCCC1. The van der Waals surface area contributed by atoms with Gasteiger partial charge < -0.3 is 5.32 Å². The van der Waals surface area contributed by atoms with Crippen LogP contribution in [0.15, 0.2) is 0 Å². The smallest absolute Gasteiger partial charge is 0.0192 e. The quantitative estimate of drug-likeness (QED) is 0.551. The Labute approximate surface area is 115 Å². The molecule has 0 radical (unpaired) electrons. The Hall–Kier alpha value is -0.0800. The number of nitrogens with zero attached hydrogens (tertiary/aromatic N) is 1. The fourth-order valence-corrected chi connectivity index (χ4v) is 2.87. The standard InChI is InChI=1S/C16H34N2/c1-14(2)11-12-17-13-15(3)18(4)16-9-7-5-6-8-10-16/h14-17H,5-13H2,1-4H3. The average Bonchev–Trinajstić information content (AvgIpc) is 2.61. The van der Waals surface area contributed by atoms with Crippen LogP contribution in [0, 0.1) is 5.92 Å². The van der Waals surface area contributed by atoms with E-state index in [1.165, 1.54) is 51.5 Å². The van der Waals surface area contributed by atoms with Gasteiger partial charge in [-0.15, -0.1) is 0 Å². The molecule has 0 heterocycles. The summed E-state index contributed by atoms with van der Waals surface area (Å²) in [5.74, 6) is 0.812. The number of rotatable bonds is 7. The largest absolute Gasteiger partial charge is 0.315 e. The van der Waals surface area contributed by atoms with E-state index in [4.69, 9.17) is 0 Å². The van der Waals surface area contributed by atoms with E-state index in [0.29, 0.717) is 6.04 Å². The Bertz CT molecular complexity index is 195. The minimum Gasteiger partial charge on any atom is -0.315 e. The van der Waals surface area contributed by atoms with Crippen molar-refractivity contribution < 1.29 is 0 Å². The van der Waals surface area contributed by atoms with Gasteiger partial charge in [0.25, 0.3) is 0 Å². The topological polar surface area (TPSA) is 15.3 Å². The predicted octanol–water partition coefficient (Wildman–Crippen LogP) is 3.67. The molecule has 1 N–H and O–H groups in total. The van der Waals surface area contributed by atoms with Crippen LogP contribution in [-0.4, -0.2) is 37.1 Å². The van der Waals surface area contributed by atoms with Crippen molar-refractivity contribution in [2.45, 2.75) is 77.8 Å². The Morgan fingerprint density at radius 3 is 2.22 bits per heavy atom. The van der Waals surface area contributed by atoms with E-state index in [1.807, 2.05) is 0 Å². The monoisotopic (exact) mass is 254 g/mol. The molecule has 2 heteroatoms. The summed E-state index contributed by atoms with van der Waals surface area (Å²) in [5, 5.41) is 3.61. The number of hydrogen-bond donors (Lipinski definition) is 1. The van der Waals surface area contributed by atoms with Gasteiger partial charge in [-0.1, -0.05) is 39.5 Å². The molecular weight excluding hydrogens is 220 g/mol. The van der Waals surface area contributed by atoms with Gasteiger partial charge in [0, 0.05) is 18.6 Å². The molecule has 1 atom stereocenters. The second-order valence-electron chi connectivity index (χ2n) is 6.55. The van der Waals surface area contributed by atoms with E-state index in [2.05, 4.69) is 38.0 Å². The van der Waals surface area contributed by atoms with E-state index in [1.54, 1.807) is 0 Å². The minimum atomic E-state index is 0.667. The van der Waals surface area contributed by atoms with Crippen LogP contribution < -0.4 is 5.32 Å². The first-order valence-corrected chi connectivity index (χ1v) is 8.04. The first-order valence-electron chi connectivity index (χ1n) is 8.04. The summed E-state index contributed by atoms with van der Waals surface area (Å²) < 4.78 is 0. The molecule has 1 saturated carbocycles. The first kappa shape index (κ1) is 16.0. The Morgan fingerprint density at radius 1 is 1.06 bits per heavy atom. The van der Waals surface area contributed by atoms with Crippen molar-refractivity contribution in [3.8, 4) is 0 Å². The van der Waals surface area contributed by atoms with Crippen molar-refractivity contribution in [2.75, 3.05) is 20.1 Å². The van der Waals surface area contributed by atoms with Gasteiger partial charge in [-0.3, -0.25) is 4.90 Å². The lowest BCUT2D eigenvalue weighted by Crippen LogP contribution is -2.44. The zero-order valence-electron chi connectivity index (χ0n) is 13.0. The summed E-state index contributed by atoms with van der Waals surface area (Å²) in [6.07, 6.45) is 9.88. The fraction of sp³-hybridized carbons (Fsp3) is 1.00. The van der Waals surface area contributed by atoms with Crippen LogP contribution in [0.3, 0.4) is 0 Å². The van der Waals surface area contributed by atoms with E-state index in [9.17, 15) is 0 Å². The molecule has 1 rings (SSSR count). The highest BCUT2D eigenvalue weighted by molar-refractivity contribution is 4.77. The summed E-state index contributed by atoms with van der Waals surface area (Å²) in [7, 11) is 2.32. The normalized spacial score (nSPS) is 20.3. The zero-order valence-corrected chi connectivity index (χ0v) is 13.0. The number of nitrogens with one attached hydrogen (secondary N) is 1. The molecule has 2 nitrogen and oxygen atoms in total. The van der Waals surface area contributed by atoms with Crippen LogP contribution in [0.4, 0.5) is 0 Å². The van der Waals surface area contributed by atoms with Gasteiger partial charge in [-0.2, -0.15) is 0 Å². The molecule has 0 bridgehead atoms. The maximum Gasteiger partial charge on any atom is 0.0192 e. The average molecular weight is 254 g/mol. The molecule has 0 spiro atoms. The van der Waals surface area contributed by atoms with Crippen molar-refractivity contribution in [3.05, 3.63) is 0 Å². The lowest BCUT2D eigenvalue weighted by atomic mass is 10.1. The first-order chi connectivity index (χ1) is 8.61. The fourth-order valence-electron chi connectivity index (χ4n) is 2.87. The summed E-state index contributed by atoms with van der Waals surface area (Å²) in [6, 6.07) is 1.50. The summed E-state index contributed by atoms with van der Waals surface area (Å²) in [6.45, 7) is 9.26. The molecule has 1 fully saturated rings. The summed E-state index contributed by atoms with van der Waals surface area (Å²) in [4.78, 5) is 2.62. The Kier molecular flexibility index (Phi) is 7.92. The van der Waals surface area contributed by atoms with Crippen molar-refractivity contribution in [1.82, 2.24) is 10.2 Å². The van der Waals surface area contributed by atoms with E-state index >= 15 is 0 Å². The lowest BCUT2D eigenvalue weighted by Gasteiger charge is -2.33. The van der Waals surface area contributed by atoms with Crippen molar-refractivity contribution in [2.24, 2.45) is 5.92 Å². The third kappa shape index (κ3) is 6.19. The van der Waals surface area contributed by atoms with E-state index < -0.39 is 0 Å². The molecule has 0 aliphatic heterocycles. The van der Waals surface area contributed by atoms with E-state index in [-0.39, 0.29) is 0 Å². The molecular formula is C16H34N2. The molecule has 0 amide bonds. The van der Waals surface area contributed by atoms with Gasteiger partial charge in [-0.05, 0) is 45.7 Å².